The van der Waals surface area contributed by atoms with E-state index in [-0.39, 0.29) is 18.5 Å². The zero-order valence-electron chi connectivity index (χ0n) is 17.0. The molecule has 168 valence electrons. The standard InChI is InChI=1S/C22H18BrF3N2O4/c1-3-32-21(31)17-19(29)14-8-13(23)9-15-18(14)28(20(17)30)16(10-27(15)2)11-4-6-12(7-5-11)22(24,25)26/h4-9,16,29H,3,10H2,1-2H3. The monoisotopic (exact) mass is 510 g/mol. The van der Waals surface area contributed by atoms with Gasteiger partial charge in [-0.15, -0.1) is 0 Å². The van der Waals surface area contributed by atoms with Gasteiger partial charge in [0.1, 0.15) is 5.75 Å². The first kappa shape index (κ1) is 22.2. The molecule has 1 aromatic heterocycles. The number of aromatic nitrogens is 1. The van der Waals surface area contributed by atoms with Gasteiger partial charge in [-0.1, -0.05) is 28.1 Å². The van der Waals surface area contributed by atoms with Crippen molar-refractivity contribution in [3.8, 4) is 5.75 Å². The molecule has 1 aliphatic rings. The van der Waals surface area contributed by atoms with Crippen LogP contribution in [-0.2, 0) is 10.9 Å². The van der Waals surface area contributed by atoms with E-state index in [0.29, 0.717) is 21.2 Å². The van der Waals surface area contributed by atoms with Gasteiger partial charge in [-0.25, -0.2) is 4.79 Å². The SMILES string of the molecule is CCOC(=O)c1c(O)c2cc(Br)cc3c2n(c1=O)C(c1ccc(C(F)(F)F)cc1)CN3C. The third-order valence-electron chi connectivity index (χ3n) is 5.49. The molecule has 0 bridgehead atoms. The maximum atomic E-state index is 13.4. The van der Waals surface area contributed by atoms with Crippen LogP contribution in [0.5, 0.6) is 5.75 Å². The molecule has 0 radical (unpaired) electrons. The topological polar surface area (TPSA) is 71.8 Å². The minimum absolute atomic E-state index is 0.00452. The van der Waals surface area contributed by atoms with Crippen LogP contribution in [-0.4, -0.2) is 35.8 Å². The van der Waals surface area contributed by atoms with E-state index >= 15 is 0 Å². The predicted molar refractivity (Wildman–Crippen MR) is 116 cm³/mol. The molecule has 4 rings (SSSR count). The second-order valence-electron chi connectivity index (χ2n) is 7.46. The van der Waals surface area contributed by atoms with E-state index in [1.807, 2.05) is 4.90 Å². The minimum atomic E-state index is -4.49. The van der Waals surface area contributed by atoms with Crippen molar-refractivity contribution in [2.75, 3.05) is 25.1 Å². The highest BCUT2D eigenvalue weighted by Gasteiger charge is 2.34. The van der Waals surface area contributed by atoms with Gasteiger partial charge in [0.15, 0.2) is 5.56 Å². The van der Waals surface area contributed by atoms with Crippen LogP contribution in [0.4, 0.5) is 18.9 Å². The highest BCUT2D eigenvalue weighted by molar-refractivity contribution is 9.10. The Hall–Kier alpha value is -3.01. The molecule has 32 heavy (non-hydrogen) atoms. The van der Waals surface area contributed by atoms with Gasteiger partial charge in [0.2, 0.25) is 0 Å². The number of rotatable bonds is 3. The second kappa shape index (κ2) is 7.84. The summed E-state index contributed by atoms with van der Waals surface area (Å²) in [5, 5.41) is 11.1. The molecule has 10 heteroatoms. The first-order chi connectivity index (χ1) is 15.0. The summed E-state index contributed by atoms with van der Waals surface area (Å²) in [6.07, 6.45) is -4.49. The Balaban J connectivity index is 2.03. The number of benzene rings is 2. The molecule has 0 aliphatic carbocycles. The van der Waals surface area contributed by atoms with Crippen molar-refractivity contribution in [2.45, 2.75) is 19.1 Å². The van der Waals surface area contributed by atoms with E-state index in [9.17, 15) is 27.9 Å². The molecule has 2 heterocycles. The lowest BCUT2D eigenvalue weighted by atomic mass is 9.98. The molecule has 0 saturated heterocycles. The highest BCUT2D eigenvalue weighted by atomic mass is 79.9. The number of hydrogen-bond donors (Lipinski definition) is 1. The van der Waals surface area contributed by atoms with E-state index < -0.39 is 40.6 Å². The number of nitrogens with zero attached hydrogens (tertiary/aromatic N) is 2. The van der Waals surface area contributed by atoms with Gasteiger partial charge in [0.25, 0.3) is 5.56 Å². The number of carbonyl (C=O) groups excluding carboxylic acids is 1. The maximum absolute atomic E-state index is 13.4. The Morgan fingerprint density at radius 3 is 2.50 bits per heavy atom. The highest BCUT2D eigenvalue weighted by Crippen LogP contribution is 2.41. The number of pyridine rings is 1. The molecular weight excluding hydrogens is 493 g/mol. The zero-order valence-corrected chi connectivity index (χ0v) is 18.6. The number of hydrogen-bond acceptors (Lipinski definition) is 5. The second-order valence-corrected chi connectivity index (χ2v) is 8.37. The Kier molecular flexibility index (Phi) is 5.44. The maximum Gasteiger partial charge on any atom is 0.416 e. The number of esters is 1. The number of anilines is 1. The average molecular weight is 511 g/mol. The smallest absolute Gasteiger partial charge is 0.416 e. The fourth-order valence-electron chi connectivity index (χ4n) is 4.04. The van der Waals surface area contributed by atoms with Crippen molar-refractivity contribution in [3.63, 3.8) is 0 Å². The lowest BCUT2D eigenvalue weighted by Gasteiger charge is -2.36. The summed E-state index contributed by atoms with van der Waals surface area (Å²) >= 11 is 3.38. The van der Waals surface area contributed by atoms with Crippen molar-refractivity contribution < 1.29 is 27.8 Å². The number of alkyl halides is 3. The largest absolute Gasteiger partial charge is 0.506 e. The van der Waals surface area contributed by atoms with Gasteiger partial charge in [0.05, 0.1) is 29.4 Å². The lowest BCUT2D eigenvalue weighted by molar-refractivity contribution is -0.137. The lowest BCUT2D eigenvalue weighted by Crippen LogP contribution is -2.40. The van der Waals surface area contributed by atoms with Crippen LogP contribution in [0, 0.1) is 0 Å². The summed E-state index contributed by atoms with van der Waals surface area (Å²) in [5.74, 6) is -1.46. The summed E-state index contributed by atoms with van der Waals surface area (Å²) < 4.78 is 46.0. The fourth-order valence-corrected chi connectivity index (χ4v) is 4.49. The van der Waals surface area contributed by atoms with E-state index in [1.165, 1.54) is 16.7 Å². The molecule has 0 saturated carbocycles. The van der Waals surface area contributed by atoms with Crippen molar-refractivity contribution in [1.82, 2.24) is 4.57 Å². The summed E-state index contributed by atoms with van der Waals surface area (Å²) in [6, 6.07) is 7.21. The first-order valence-electron chi connectivity index (χ1n) is 9.70. The quantitative estimate of drug-likeness (QED) is 0.517. The molecule has 0 fully saturated rings. The summed E-state index contributed by atoms with van der Waals surface area (Å²) in [5.41, 5.74) is -0.616. The third kappa shape index (κ3) is 3.52. The zero-order chi connectivity index (χ0) is 23.4. The van der Waals surface area contributed by atoms with Crippen molar-refractivity contribution in [3.05, 3.63) is 67.9 Å². The number of carbonyl (C=O) groups is 1. The van der Waals surface area contributed by atoms with Gasteiger partial charge in [0, 0.05) is 23.5 Å². The Morgan fingerprint density at radius 2 is 1.91 bits per heavy atom. The molecular formula is C22H18BrF3N2O4. The molecule has 1 atom stereocenters. The molecule has 1 unspecified atom stereocenters. The van der Waals surface area contributed by atoms with Crippen LogP contribution >= 0.6 is 15.9 Å². The van der Waals surface area contributed by atoms with Crippen LogP contribution in [0.2, 0.25) is 0 Å². The molecule has 1 N–H and O–H groups in total. The molecule has 0 amide bonds. The molecule has 3 aromatic rings. The van der Waals surface area contributed by atoms with Crippen LogP contribution in [0.25, 0.3) is 10.9 Å². The van der Waals surface area contributed by atoms with Crippen LogP contribution < -0.4 is 10.5 Å². The van der Waals surface area contributed by atoms with Crippen LogP contribution in [0.15, 0.2) is 45.7 Å². The van der Waals surface area contributed by atoms with E-state index in [1.54, 1.807) is 26.1 Å². The molecule has 6 nitrogen and oxygen atoms in total. The normalized spacial score (nSPS) is 15.8. The van der Waals surface area contributed by atoms with Crippen LogP contribution in [0.1, 0.15) is 34.5 Å². The van der Waals surface area contributed by atoms with Gasteiger partial charge in [-0.2, -0.15) is 13.2 Å². The minimum Gasteiger partial charge on any atom is -0.506 e. The van der Waals surface area contributed by atoms with Gasteiger partial charge in [-0.05, 0) is 36.8 Å². The first-order valence-corrected chi connectivity index (χ1v) is 10.5. The third-order valence-corrected chi connectivity index (χ3v) is 5.95. The average Bonchev–Trinajstić information content (AvgIpc) is 2.72. The fraction of sp³-hybridized carbons (Fsp3) is 0.273. The van der Waals surface area contributed by atoms with E-state index in [4.69, 9.17) is 4.74 Å². The Bertz CT molecular complexity index is 1290. The Labute approximate surface area is 189 Å². The number of halogens is 4. The Morgan fingerprint density at radius 1 is 1.25 bits per heavy atom. The molecule has 1 aliphatic heterocycles. The van der Waals surface area contributed by atoms with Gasteiger partial charge >= 0.3 is 12.1 Å². The number of ether oxygens (including phenoxy) is 1. The predicted octanol–water partition coefficient (Wildman–Crippen LogP) is 4.70. The van der Waals surface area contributed by atoms with Crippen molar-refractivity contribution in [1.29, 1.82) is 0 Å². The van der Waals surface area contributed by atoms with E-state index in [0.717, 1.165) is 12.1 Å². The number of likely N-dealkylation sites (N-methyl/N-ethyl adjacent to an activating group) is 1. The summed E-state index contributed by atoms with van der Waals surface area (Å²) in [6.45, 7) is 1.84. The number of aromatic hydroxyl groups is 1. The van der Waals surface area contributed by atoms with E-state index in [2.05, 4.69) is 15.9 Å². The van der Waals surface area contributed by atoms with Crippen molar-refractivity contribution in [2.24, 2.45) is 0 Å². The van der Waals surface area contributed by atoms with Gasteiger partial charge < -0.3 is 14.7 Å². The van der Waals surface area contributed by atoms with Crippen molar-refractivity contribution >= 4 is 38.5 Å². The summed E-state index contributed by atoms with van der Waals surface area (Å²) in [7, 11) is 1.78. The summed E-state index contributed by atoms with van der Waals surface area (Å²) in [4.78, 5) is 27.8. The van der Waals surface area contributed by atoms with Crippen LogP contribution in [0.3, 0.4) is 0 Å². The molecule has 0 spiro atoms. The van der Waals surface area contributed by atoms with Gasteiger partial charge in [-0.3, -0.25) is 9.36 Å². The molecule has 2 aromatic carbocycles.